The van der Waals surface area contributed by atoms with Crippen LogP contribution in [0.1, 0.15) is 11.5 Å². The largest absolute Gasteiger partial charge is 0.462 e. The van der Waals surface area contributed by atoms with Gasteiger partial charge in [0.25, 0.3) is 5.91 Å². The predicted octanol–water partition coefficient (Wildman–Crippen LogP) is 2.71. The number of anilines is 1. The molecule has 0 atom stereocenters. The maximum atomic E-state index is 11.9. The van der Waals surface area contributed by atoms with Gasteiger partial charge in [-0.25, -0.2) is 0 Å². The van der Waals surface area contributed by atoms with E-state index in [4.69, 9.17) is 9.68 Å². The maximum absolute atomic E-state index is 11.9. The minimum atomic E-state index is -0.537. The highest BCUT2D eigenvalue weighted by molar-refractivity contribution is 7.98. The number of hydrogen-bond acceptors (Lipinski definition) is 7. The Labute approximate surface area is 123 Å². The quantitative estimate of drug-likeness (QED) is 0.530. The minimum Gasteiger partial charge on any atom is -0.462 e. The van der Waals surface area contributed by atoms with Crippen LogP contribution < -0.4 is 5.32 Å². The Hall–Kier alpha value is -2.11. The number of nitrogens with one attached hydrogen (secondary N) is 1. The van der Waals surface area contributed by atoms with Crippen LogP contribution in [0.2, 0.25) is 0 Å². The summed E-state index contributed by atoms with van der Waals surface area (Å²) in [5.41, 5.74) is -0.0553. The number of rotatable bonds is 4. The van der Waals surface area contributed by atoms with Crippen LogP contribution in [0, 0.1) is 18.3 Å². The average molecular weight is 306 g/mol. The second-order valence-corrected chi connectivity index (χ2v) is 5.18. The third-order valence-electron chi connectivity index (χ3n) is 2.22. The van der Waals surface area contributed by atoms with Crippen molar-refractivity contribution in [1.82, 2.24) is 9.36 Å². The lowest BCUT2D eigenvalue weighted by atomic mass is 10.2. The van der Waals surface area contributed by atoms with E-state index in [1.165, 1.54) is 17.8 Å². The Bertz CT molecular complexity index is 696. The number of carbonyl (C=O) groups is 1. The first kappa shape index (κ1) is 14.3. The molecule has 1 amide bonds. The normalized spacial score (nSPS) is 11.2. The molecular weight excluding hydrogens is 296 g/mol. The second kappa shape index (κ2) is 6.36. The van der Waals surface area contributed by atoms with Gasteiger partial charge in [-0.05, 0) is 25.3 Å². The van der Waals surface area contributed by atoms with Crippen LogP contribution in [0.25, 0.3) is 6.08 Å². The molecule has 6 nitrogen and oxygen atoms in total. The van der Waals surface area contributed by atoms with Gasteiger partial charge in [-0.3, -0.25) is 10.1 Å². The Kier molecular flexibility index (Phi) is 4.55. The molecule has 1 N–H and O–H groups in total. The molecule has 0 aliphatic carbocycles. The van der Waals surface area contributed by atoms with E-state index in [0.29, 0.717) is 21.8 Å². The highest BCUT2D eigenvalue weighted by atomic mass is 32.2. The fourth-order valence-corrected chi connectivity index (χ4v) is 2.45. The van der Waals surface area contributed by atoms with Gasteiger partial charge in [-0.2, -0.15) is 14.6 Å². The van der Waals surface area contributed by atoms with Gasteiger partial charge in [0.05, 0.1) is 0 Å². The number of furan rings is 1. The monoisotopic (exact) mass is 306 g/mol. The molecule has 0 spiro atoms. The van der Waals surface area contributed by atoms with Crippen LogP contribution in [0.3, 0.4) is 0 Å². The highest BCUT2D eigenvalue weighted by Gasteiger charge is 2.13. The van der Waals surface area contributed by atoms with E-state index in [1.54, 1.807) is 19.1 Å². The Balaban J connectivity index is 2.13. The first-order valence-electron chi connectivity index (χ1n) is 5.49. The number of carbonyl (C=O) groups excluding carboxylic acids is 1. The van der Waals surface area contributed by atoms with E-state index < -0.39 is 5.91 Å². The fraction of sp³-hybridized carbons (Fsp3) is 0.167. The SMILES string of the molecule is CSc1nsc(NC(=O)/C(C#N)=C\c2ccc(C)o2)n1. The molecule has 102 valence electrons. The van der Waals surface area contributed by atoms with Crippen LogP contribution in [0.5, 0.6) is 0 Å². The second-order valence-electron chi connectivity index (χ2n) is 3.66. The van der Waals surface area contributed by atoms with Crippen molar-refractivity contribution in [1.29, 1.82) is 5.26 Å². The van der Waals surface area contributed by atoms with Crippen molar-refractivity contribution in [3.05, 3.63) is 29.2 Å². The van der Waals surface area contributed by atoms with Crippen LogP contribution in [0.4, 0.5) is 5.13 Å². The summed E-state index contributed by atoms with van der Waals surface area (Å²) in [6.07, 6.45) is 3.23. The lowest BCUT2D eigenvalue weighted by Gasteiger charge is -1.98. The van der Waals surface area contributed by atoms with Crippen molar-refractivity contribution < 1.29 is 9.21 Å². The molecule has 0 bridgehead atoms. The predicted molar refractivity (Wildman–Crippen MR) is 77.4 cm³/mol. The van der Waals surface area contributed by atoms with Crippen LogP contribution in [-0.4, -0.2) is 21.5 Å². The number of nitriles is 1. The minimum absolute atomic E-state index is 0.0553. The number of nitrogens with zero attached hydrogens (tertiary/aromatic N) is 3. The molecule has 2 heterocycles. The average Bonchev–Trinajstić information content (AvgIpc) is 3.04. The molecule has 20 heavy (non-hydrogen) atoms. The highest BCUT2D eigenvalue weighted by Crippen LogP contribution is 2.18. The third kappa shape index (κ3) is 3.46. The molecule has 0 aromatic carbocycles. The summed E-state index contributed by atoms with van der Waals surface area (Å²) in [5, 5.41) is 12.5. The summed E-state index contributed by atoms with van der Waals surface area (Å²) in [5.74, 6) is 0.629. The van der Waals surface area contributed by atoms with E-state index in [2.05, 4.69) is 14.7 Å². The van der Waals surface area contributed by atoms with Gasteiger partial charge < -0.3 is 4.42 Å². The summed E-state index contributed by atoms with van der Waals surface area (Å²) in [4.78, 5) is 16.0. The van der Waals surface area contributed by atoms with Gasteiger partial charge in [-0.1, -0.05) is 11.8 Å². The van der Waals surface area contributed by atoms with Gasteiger partial charge in [0.2, 0.25) is 10.3 Å². The molecule has 2 aromatic rings. The Morgan fingerprint density at radius 3 is 2.95 bits per heavy atom. The van der Waals surface area contributed by atoms with Crippen molar-refractivity contribution in [3.63, 3.8) is 0 Å². The van der Waals surface area contributed by atoms with E-state index in [-0.39, 0.29) is 5.57 Å². The Morgan fingerprint density at radius 2 is 2.40 bits per heavy atom. The molecule has 0 saturated heterocycles. The smallest absolute Gasteiger partial charge is 0.268 e. The van der Waals surface area contributed by atoms with Gasteiger partial charge in [0.15, 0.2) is 0 Å². The molecule has 0 radical (unpaired) electrons. The summed E-state index contributed by atoms with van der Waals surface area (Å²) in [6, 6.07) is 5.29. The lowest BCUT2D eigenvalue weighted by Crippen LogP contribution is -2.13. The topological polar surface area (TPSA) is 91.8 Å². The Morgan fingerprint density at radius 1 is 1.60 bits per heavy atom. The summed E-state index contributed by atoms with van der Waals surface area (Å²) in [7, 11) is 0. The van der Waals surface area contributed by atoms with Crippen LogP contribution in [-0.2, 0) is 4.79 Å². The van der Waals surface area contributed by atoms with Gasteiger partial charge in [-0.15, -0.1) is 0 Å². The maximum Gasteiger partial charge on any atom is 0.268 e. The third-order valence-corrected chi connectivity index (χ3v) is 3.52. The molecule has 0 saturated carbocycles. The molecular formula is C12H10N4O2S2. The van der Waals surface area contributed by atoms with Crippen molar-refractivity contribution in [2.24, 2.45) is 0 Å². The van der Waals surface area contributed by atoms with Crippen molar-refractivity contribution in [2.75, 3.05) is 11.6 Å². The van der Waals surface area contributed by atoms with E-state index in [1.807, 2.05) is 12.3 Å². The molecule has 0 aliphatic rings. The van der Waals surface area contributed by atoms with E-state index in [0.717, 1.165) is 11.5 Å². The van der Waals surface area contributed by atoms with E-state index >= 15 is 0 Å². The van der Waals surface area contributed by atoms with Gasteiger partial charge >= 0.3 is 0 Å². The molecule has 2 rings (SSSR count). The summed E-state index contributed by atoms with van der Waals surface area (Å²) < 4.78 is 9.32. The first-order valence-corrected chi connectivity index (χ1v) is 7.49. The van der Waals surface area contributed by atoms with Crippen molar-refractivity contribution in [2.45, 2.75) is 12.1 Å². The fourth-order valence-electron chi connectivity index (χ4n) is 1.33. The zero-order valence-electron chi connectivity index (χ0n) is 10.7. The number of thioether (sulfide) groups is 1. The van der Waals surface area contributed by atoms with Crippen LogP contribution >= 0.6 is 23.3 Å². The first-order chi connectivity index (χ1) is 9.62. The summed E-state index contributed by atoms with van der Waals surface area (Å²) >= 11 is 2.45. The zero-order chi connectivity index (χ0) is 14.5. The molecule has 8 heteroatoms. The molecule has 2 aromatic heterocycles. The number of aryl methyl sites for hydroxylation is 1. The van der Waals surface area contributed by atoms with E-state index in [9.17, 15) is 4.79 Å². The number of hydrogen-bond donors (Lipinski definition) is 1. The van der Waals surface area contributed by atoms with Gasteiger partial charge in [0, 0.05) is 17.6 Å². The van der Waals surface area contributed by atoms with Crippen LogP contribution in [0.15, 0.2) is 27.3 Å². The molecule has 0 unspecified atom stereocenters. The number of aromatic nitrogens is 2. The van der Waals surface area contributed by atoms with Gasteiger partial charge in [0.1, 0.15) is 23.2 Å². The lowest BCUT2D eigenvalue weighted by molar-refractivity contribution is -0.112. The molecule has 0 aliphatic heterocycles. The standard InChI is InChI=1S/C12H10N4O2S2/c1-7-3-4-9(18-7)5-8(6-13)10(17)14-11-15-12(19-2)16-20-11/h3-5H,1-2H3,(H,14,15,16,17)/b8-5-. The summed E-state index contributed by atoms with van der Waals surface area (Å²) in [6.45, 7) is 1.79. The van der Waals surface area contributed by atoms with Crippen molar-refractivity contribution >= 4 is 40.4 Å². The molecule has 0 fully saturated rings. The zero-order valence-corrected chi connectivity index (χ0v) is 12.3. The number of amides is 1. The van der Waals surface area contributed by atoms with Crippen molar-refractivity contribution in [3.8, 4) is 6.07 Å².